The Bertz CT molecular complexity index is 1000. The van der Waals surface area contributed by atoms with Gasteiger partial charge >= 0.3 is 0 Å². The number of hydrogen-bond acceptors (Lipinski definition) is 2. The van der Waals surface area contributed by atoms with Gasteiger partial charge in [0.1, 0.15) is 5.82 Å². The van der Waals surface area contributed by atoms with Crippen molar-refractivity contribution in [1.29, 1.82) is 0 Å². The van der Waals surface area contributed by atoms with E-state index in [-0.39, 0.29) is 20.9 Å². The van der Waals surface area contributed by atoms with E-state index in [9.17, 15) is 17.9 Å². The molecule has 0 amide bonds. The molecule has 3 aromatic rings. The maximum Gasteiger partial charge on any atom is 0.206 e. The number of rotatable bonds is 3. The highest BCUT2D eigenvalue weighted by Gasteiger charge is 2.20. The van der Waals surface area contributed by atoms with Crippen molar-refractivity contribution in [1.82, 2.24) is 0 Å². The summed E-state index contributed by atoms with van der Waals surface area (Å²) in [6.45, 7) is 0. The van der Waals surface area contributed by atoms with Crippen molar-refractivity contribution in [2.45, 2.75) is 9.79 Å². The van der Waals surface area contributed by atoms with E-state index in [1.165, 1.54) is 42.5 Å². The summed E-state index contributed by atoms with van der Waals surface area (Å²) in [5, 5.41) is 12.2. The number of sulfone groups is 1. The zero-order chi connectivity index (χ0) is 17.3. The predicted octanol–water partition coefficient (Wildman–Crippen LogP) is 5.12. The van der Waals surface area contributed by atoms with Gasteiger partial charge in [0.2, 0.25) is 9.84 Å². The van der Waals surface area contributed by atoms with Gasteiger partial charge in [-0.3, -0.25) is 5.11 Å². The molecule has 0 atom stereocenters. The van der Waals surface area contributed by atoms with E-state index in [1.807, 2.05) is 0 Å². The molecule has 0 aliphatic carbocycles. The van der Waals surface area contributed by atoms with Crippen molar-refractivity contribution in [2.24, 2.45) is 0 Å². The lowest BCUT2D eigenvalue weighted by Gasteiger charge is -2.09. The molecule has 0 saturated heterocycles. The van der Waals surface area contributed by atoms with E-state index in [0.29, 0.717) is 5.02 Å². The van der Waals surface area contributed by atoms with Crippen molar-refractivity contribution >= 4 is 21.4 Å². The average molecular weight is 362 g/mol. The molecular weight excluding hydrogens is 351 g/mol. The van der Waals surface area contributed by atoms with Crippen molar-refractivity contribution in [3.8, 4) is 16.9 Å². The fraction of sp³-hybridized carbons (Fsp3) is 0. The summed E-state index contributed by atoms with van der Waals surface area (Å²) in [5.41, 5.74) is 0.0955. The lowest BCUT2D eigenvalue weighted by Crippen LogP contribution is -2.02. The van der Waals surface area contributed by atoms with E-state index in [0.717, 1.165) is 6.07 Å². The molecule has 0 aliphatic rings. The van der Waals surface area contributed by atoms with Gasteiger partial charge in [0, 0.05) is 16.1 Å². The Morgan fingerprint density at radius 1 is 0.792 bits per heavy atom. The van der Waals surface area contributed by atoms with Gasteiger partial charge in [0.15, 0.2) is 5.75 Å². The standard InChI is InChI=1S/C18H11ClFO3S/c19-12-6-9-18(21)16(10-12)15-8-7-14(11-17(15)20)24(22,23)13-4-2-1-3-5-13/h1-11H. The van der Waals surface area contributed by atoms with Crippen molar-refractivity contribution in [2.75, 3.05) is 0 Å². The molecule has 0 aromatic heterocycles. The monoisotopic (exact) mass is 361 g/mol. The second-order valence-corrected chi connectivity index (χ2v) is 7.48. The Kier molecular flexibility index (Phi) is 4.30. The molecule has 3 nitrogen and oxygen atoms in total. The van der Waals surface area contributed by atoms with E-state index >= 15 is 0 Å². The summed E-state index contributed by atoms with van der Waals surface area (Å²) < 4.78 is 39.5. The SMILES string of the molecule is [O]c1ccc(Cl)cc1-c1ccc(S(=O)(=O)c2ccccc2)cc1F. The highest BCUT2D eigenvalue weighted by atomic mass is 35.5. The van der Waals surface area contributed by atoms with Gasteiger partial charge in [0.25, 0.3) is 0 Å². The third-order valence-corrected chi connectivity index (χ3v) is 5.54. The third-order valence-electron chi connectivity index (χ3n) is 3.54. The zero-order valence-electron chi connectivity index (χ0n) is 12.2. The van der Waals surface area contributed by atoms with Gasteiger partial charge in [-0.2, -0.15) is 0 Å². The normalized spacial score (nSPS) is 11.4. The summed E-state index contributed by atoms with van der Waals surface area (Å²) in [6.07, 6.45) is 0. The third kappa shape index (κ3) is 3.00. The quantitative estimate of drug-likeness (QED) is 0.649. The molecule has 0 fully saturated rings. The van der Waals surface area contributed by atoms with Gasteiger partial charge in [-0.25, -0.2) is 12.8 Å². The number of benzene rings is 3. The summed E-state index contributed by atoms with van der Waals surface area (Å²) in [7, 11) is -3.82. The minimum Gasteiger partial charge on any atom is -0.289 e. The molecule has 0 saturated carbocycles. The second kappa shape index (κ2) is 6.26. The molecule has 0 spiro atoms. The minimum absolute atomic E-state index is 0.00881. The van der Waals surface area contributed by atoms with Crippen LogP contribution in [0.1, 0.15) is 0 Å². The molecule has 1 radical (unpaired) electrons. The minimum atomic E-state index is -3.82. The van der Waals surface area contributed by atoms with Crippen LogP contribution in [-0.2, 0) is 14.9 Å². The number of halogens is 2. The summed E-state index contributed by atoms with van der Waals surface area (Å²) >= 11 is 5.85. The smallest absolute Gasteiger partial charge is 0.206 e. The van der Waals surface area contributed by atoms with Crippen LogP contribution < -0.4 is 0 Å². The van der Waals surface area contributed by atoms with Crippen LogP contribution in [0.2, 0.25) is 5.02 Å². The van der Waals surface area contributed by atoms with E-state index in [2.05, 4.69) is 0 Å². The molecule has 3 rings (SSSR count). The van der Waals surface area contributed by atoms with Crippen LogP contribution in [0.3, 0.4) is 0 Å². The maximum absolute atomic E-state index is 14.4. The molecule has 0 heterocycles. The average Bonchev–Trinajstić information content (AvgIpc) is 2.58. The van der Waals surface area contributed by atoms with Gasteiger partial charge < -0.3 is 0 Å². The highest BCUT2D eigenvalue weighted by molar-refractivity contribution is 7.91. The molecule has 121 valence electrons. The van der Waals surface area contributed by atoms with Gasteiger partial charge in [-0.05, 0) is 48.5 Å². The van der Waals surface area contributed by atoms with E-state index in [1.54, 1.807) is 18.2 Å². The molecule has 6 heteroatoms. The van der Waals surface area contributed by atoms with Gasteiger partial charge in [-0.1, -0.05) is 29.8 Å². The Morgan fingerprint density at radius 2 is 1.50 bits per heavy atom. The van der Waals surface area contributed by atoms with E-state index in [4.69, 9.17) is 11.6 Å². The van der Waals surface area contributed by atoms with E-state index < -0.39 is 21.4 Å². The Labute approximate surface area is 143 Å². The summed E-state index contributed by atoms with van der Waals surface area (Å²) in [4.78, 5) is -0.103. The van der Waals surface area contributed by atoms with Crippen molar-refractivity contribution in [3.63, 3.8) is 0 Å². The van der Waals surface area contributed by atoms with Crippen LogP contribution in [0, 0.1) is 5.82 Å². The Morgan fingerprint density at radius 3 is 2.17 bits per heavy atom. The molecule has 0 N–H and O–H groups in total. The summed E-state index contributed by atoms with van der Waals surface area (Å²) in [6, 6.07) is 15.2. The molecular formula is C18H11ClFO3S. The van der Waals surface area contributed by atoms with Crippen LogP contribution in [0.15, 0.2) is 76.5 Å². The van der Waals surface area contributed by atoms with Crippen molar-refractivity contribution < 1.29 is 17.9 Å². The molecule has 0 aliphatic heterocycles. The first-order valence-corrected chi connectivity index (χ1v) is 8.82. The van der Waals surface area contributed by atoms with Crippen LogP contribution in [0.5, 0.6) is 5.75 Å². The van der Waals surface area contributed by atoms with Crippen LogP contribution in [0.4, 0.5) is 4.39 Å². The van der Waals surface area contributed by atoms with Crippen LogP contribution >= 0.6 is 11.6 Å². The molecule has 24 heavy (non-hydrogen) atoms. The predicted molar refractivity (Wildman–Crippen MR) is 88.9 cm³/mol. The van der Waals surface area contributed by atoms with Gasteiger partial charge in [-0.15, -0.1) is 0 Å². The van der Waals surface area contributed by atoms with Crippen molar-refractivity contribution in [3.05, 3.63) is 77.6 Å². The lowest BCUT2D eigenvalue weighted by atomic mass is 10.0. The first-order valence-electron chi connectivity index (χ1n) is 6.96. The first kappa shape index (κ1) is 16.5. The van der Waals surface area contributed by atoms with Crippen LogP contribution in [0.25, 0.3) is 11.1 Å². The molecule has 0 unspecified atom stereocenters. The second-order valence-electron chi connectivity index (χ2n) is 5.10. The van der Waals surface area contributed by atoms with Gasteiger partial charge in [0.05, 0.1) is 9.79 Å². The fourth-order valence-electron chi connectivity index (χ4n) is 2.33. The zero-order valence-corrected chi connectivity index (χ0v) is 13.8. The Hall–Kier alpha value is -2.37. The first-order chi connectivity index (χ1) is 11.4. The fourth-order valence-corrected chi connectivity index (χ4v) is 3.80. The topological polar surface area (TPSA) is 54.0 Å². The Balaban J connectivity index is 2.10. The highest BCUT2D eigenvalue weighted by Crippen LogP contribution is 2.35. The lowest BCUT2D eigenvalue weighted by molar-refractivity contribution is 0.356. The number of hydrogen-bond donors (Lipinski definition) is 0. The molecule has 0 bridgehead atoms. The summed E-state index contributed by atoms with van der Waals surface area (Å²) in [5.74, 6) is -1.19. The van der Waals surface area contributed by atoms with Crippen LogP contribution in [-0.4, -0.2) is 8.42 Å². The molecule has 3 aromatic carbocycles. The maximum atomic E-state index is 14.4. The largest absolute Gasteiger partial charge is 0.289 e.